The third-order valence-corrected chi connectivity index (χ3v) is 5.06. The number of nitrogens with two attached hydrogens (primary N) is 1. The molecule has 8 nitrogen and oxygen atoms in total. The smallest absolute Gasteiger partial charge is 0.293 e. The molecule has 0 aliphatic carbocycles. The van der Waals surface area contributed by atoms with Gasteiger partial charge in [0.1, 0.15) is 5.69 Å². The Kier molecular flexibility index (Phi) is 5.39. The highest BCUT2D eigenvalue weighted by Gasteiger charge is 2.23. The lowest BCUT2D eigenvalue weighted by atomic mass is 10.0. The van der Waals surface area contributed by atoms with Gasteiger partial charge in [0.05, 0.1) is 21.6 Å². The third kappa shape index (κ3) is 4.33. The van der Waals surface area contributed by atoms with Crippen LogP contribution in [0.2, 0.25) is 0 Å². The molecule has 0 bridgehead atoms. The summed E-state index contributed by atoms with van der Waals surface area (Å²) in [7, 11) is -4.06. The van der Waals surface area contributed by atoms with Crippen LogP contribution in [-0.2, 0) is 10.0 Å². The largest absolute Gasteiger partial charge is 0.367 e. The van der Waals surface area contributed by atoms with E-state index >= 15 is 0 Å². The average Bonchev–Trinajstić information content (AvgIpc) is 2.66. The molecule has 9 heteroatoms. The van der Waals surface area contributed by atoms with E-state index in [0.717, 1.165) is 17.2 Å². The molecule has 3 rings (SSSR count). The minimum atomic E-state index is -4.06. The van der Waals surface area contributed by atoms with Crippen molar-refractivity contribution in [2.24, 2.45) is 5.14 Å². The van der Waals surface area contributed by atoms with Gasteiger partial charge in [-0.05, 0) is 36.8 Å². The molecule has 1 aromatic heterocycles. The third-order valence-electron chi connectivity index (χ3n) is 4.15. The summed E-state index contributed by atoms with van der Waals surface area (Å²) in [6.45, 7) is 1.95. The highest BCUT2D eigenvalue weighted by Crippen LogP contribution is 2.32. The van der Waals surface area contributed by atoms with Crippen LogP contribution in [0.5, 0.6) is 0 Å². The van der Waals surface area contributed by atoms with Crippen LogP contribution >= 0.6 is 0 Å². The molecule has 3 aromatic rings. The molecule has 0 saturated carbocycles. The molecule has 0 spiro atoms. The van der Waals surface area contributed by atoms with Crippen LogP contribution in [0.15, 0.2) is 71.8 Å². The zero-order valence-corrected chi connectivity index (χ0v) is 15.8. The lowest BCUT2D eigenvalue weighted by molar-refractivity contribution is -0.384. The highest BCUT2D eigenvalue weighted by atomic mass is 32.2. The van der Waals surface area contributed by atoms with Crippen LogP contribution in [0.25, 0.3) is 0 Å². The van der Waals surface area contributed by atoms with Crippen molar-refractivity contribution in [1.29, 1.82) is 0 Å². The Labute approximate surface area is 162 Å². The van der Waals surface area contributed by atoms with Gasteiger partial charge in [0.2, 0.25) is 10.0 Å². The average molecular weight is 398 g/mol. The molecule has 144 valence electrons. The molecular weight excluding hydrogens is 380 g/mol. The van der Waals surface area contributed by atoms with Crippen molar-refractivity contribution in [3.8, 4) is 0 Å². The normalized spacial score (nSPS) is 12.4. The second-order valence-corrected chi connectivity index (χ2v) is 7.79. The van der Waals surface area contributed by atoms with Crippen LogP contribution < -0.4 is 10.5 Å². The van der Waals surface area contributed by atoms with E-state index < -0.39 is 21.0 Å². The lowest BCUT2D eigenvalue weighted by Crippen LogP contribution is -2.16. The molecule has 0 saturated heterocycles. The number of hydrogen-bond acceptors (Lipinski definition) is 6. The van der Waals surface area contributed by atoms with Gasteiger partial charge in [-0.15, -0.1) is 0 Å². The predicted molar refractivity (Wildman–Crippen MR) is 105 cm³/mol. The maximum Gasteiger partial charge on any atom is 0.293 e. The first-order chi connectivity index (χ1) is 13.3. The number of aromatic nitrogens is 1. The number of pyridine rings is 1. The predicted octanol–water partition coefficient (Wildman–Crippen LogP) is 3.15. The maximum absolute atomic E-state index is 11.5. The monoisotopic (exact) mass is 398 g/mol. The van der Waals surface area contributed by atoms with Crippen LogP contribution in [0.4, 0.5) is 11.4 Å². The fourth-order valence-electron chi connectivity index (χ4n) is 2.84. The molecule has 28 heavy (non-hydrogen) atoms. The Morgan fingerprint density at radius 3 is 2.50 bits per heavy atom. The number of nitro benzene ring substituents is 1. The Bertz CT molecular complexity index is 1120. The molecule has 0 aliphatic rings. The molecule has 0 fully saturated rings. The summed E-state index contributed by atoms with van der Waals surface area (Å²) in [5.41, 5.74) is 2.33. The van der Waals surface area contributed by atoms with Crippen molar-refractivity contribution in [3.05, 3.63) is 93.8 Å². The van der Waals surface area contributed by atoms with Crippen LogP contribution in [0.3, 0.4) is 0 Å². The molecule has 3 N–H and O–H groups in total. The van der Waals surface area contributed by atoms with Crippen molar-refractivity contribution >= 4 is 21.4 Å². The summed E-state index contributed by atoms with van der Waals surface area (Å²) in [5.74, 6) is 0. The summed E-state index contributed by atoms with van der Waals surface area (Å²) in [6.07, 6.45) is 1.64. The van der Waals surface area contributed by atoms with E-state index in [9.17, 15) is 18.5 Å². The molecule has 0 amide bonds. The first-order valence-electron chi connectivity index (χ1n) is 8.31. The number of nitrogens with zero attached hydrogens (tertiary/aromatic N) is 2. The minimum Gasteiger partial charge on any atom is -0.367 e. The van der Waals surface area contributed by atoms with Gasteiger partial charge < -0.3 is 5.32 Å². The van der Waals surface area contributed by atoms with E-state index in [2.05, 4.69) is 10.3 Å². The zero-order chi connectivity index (χ0) is 20.3. The Morgan fingerprint density at radius 2 is 1.89 bits per heavy atom. The Balaban J connectivity index is 2.10. The number of hydrogen-bond donors (Lipinski definition) is 2. The summed E-state index contributed by atoms with van der Waals surface area (Å²) in [5, 5.41) is 19.7. The molecule has 0 radical (unpaired) electrons. The first kappa shape index (κ1) is 19.5. The van der Waals surface area contributed by atoms with Crippen molar-refractivity contribution in [2.45, 2.75) is 17.9 Å². The number of sulfonamides is 1. The molecule has 1 atom stereocenters. The second-order valence-electron chi connectivity index (χ2n) is 6.23. The van der Waals surface area contributed by atoms with Gasteiger partial charge in [0.25, 0.3) is 5.69 Å². The minimum absolute atomic E-state index is 0.162. The number of benzene rings is 2. The van der Waals surface area contributed by atoms with Gasteiger partial charge in [-0.3, -0.25) is 15.1 Å². The van der Waals surface area contributed by atoms with Gasteiger partial charge in [0.15, 0.2) is 0 Å². The van der Waals surface area contributed by atoms with E-state index in [0.29, 0.717) is 5.69 Å². The first-order valence-corrected chi connectivity index (χ1v) is 9.85. The molecule has 0 aliphatic heterocycles. The van der Waals surface area contributed by atoms with Gasteiger partial charge in [0, 0.05) is 12.3 Å². The fraction of sp³-hybridized carbons (Fsp3) is 0.105. The van der Waals surface area contributed by atoms with Crippen LogP contribution in [-0.4, -0.2) is 18.3 Å². The van der Waals surface area contributed by atoms with Crippen LogP contribution in [0.1, 0.15) is 22.9 Å². The molecule has 1 heterocycles. The van der Waals surface area contributed by atoms with Crippen molar-refractivity contribution in [2.75, 3.05) is 5.32 Å². The van der Waals surface area contributed by atoms with E-state index in [-0.39, 0.29) is 16.3 Å². The zero-order valence-electron chi connectivity index (χ0n) is 14.9. The van der Waals surface area contributed by atoms with Gasteiger partial charge in [-0.25, -0.2) is 13.6 Å². The summed E-state index contributed by atoms with van der Waals surface area (Å²) in [4.78, 5) is 14.9. The topological polar surface area (TPSA) is 128 Å². The number of rotatable bonds is 6. The molecule has 2 aromatic carbocycles. The number of anilines is 1. The van der Waals surface area contributed by atoms with E-state index in [1.54, 1.807) is 12.3 Å². The second kappa shape index (κ2) is 7.75. The highest BCUT2D eigenvalue weighted by molar-refractivity contribution is 7.89. The van der Waals surface area contributed by atoms with Crippen LogP contribution in [0, 0.1) is 17.0 Å². The van der Waals surface area contributed by atoms with Gasteiger partial charge >= 0.3 is 0 Å². The van der Waals surface area contributed by atoms with Crippen molar-refractivity contribution < 1.29 is 13.3 Å². The number of nitro groups is 1. The standard InChI is InChI=1S/C19H18N4O4S/c1-13-5-4-6-14(11-13)19(17-7-2-3-10-21-17)22-16-9-8-15(28(20,26)27)12-18(16)23(24)25/h2-12,19,22H,1H3,(H2,20,26,27). The maximum atomic E-state index is 11.5. The molecular formula is C19H18N4O4S. The molecule has 1 unspecified atom stereocenters. The lowest BCUT2D eigenvalue weighted by Gasteiger charge is -2.20. The van der Waals surface area contributed by atoms with E-state index in [1.807, 2.05) is 43.3 Å². The van der Waals surface area contributed by atoms with E-state index in [4.69, 9.17) is 5.14 Å². The SMILES string of the molecule is Cc1cccc(C(Nc2ccc(S(N)(=O)=O)cc2[N+](=O)[O-])c2ccccn2)c1. The van der Waals surface area contributed by atoms with E-state index in [1.165, 1.54) is 12.1 Å². The Morgan fingerprint density at radius 1 is 1.11 bits per heavy atom. The quantitative estimate of drug-likeness (QED) is 0.485. The fourth-order valence-corrected chi connectivity index (χ4v) is 3.38. The Hall–Kier alpha value is -3.30. The van der Waals surface area contributed by atoms with Crippen molar-refractivity contribution in [3.63, 3.8) is 0 Å². The van der Waals surface area contributed by atoms with Gasteiger partial charge in [-0.2, -0.15) is 0 Å². The number of primary sulfonamides is 1. The summed E-state index contributed by atoms with van der Waals surface area (Å²) < 4.78 is 23.1. The van der Waals surface area contributed by atoms with Crippen molar-refractivity contribution in [1.82, 2.24) is 4.98 Å². The number of aryl methyl sites for hydroxylation is 1. The summed E-state index contributed by atoms with van der Waals surface area (Å²) >= 11 is 0. The van der Waals surface area contributed by atoms with Gasteiger partial charge in [-0.1, -0.05) is 35.9 Å². The summed E-state index contributed by atoms with van der Waals surface area (Å²) in [6, 6.07) is 16.1. The number of nitrogens with one attached hydrogen (secondary N) is 1.